The molecule has 2 amide bonds. The van der Waals surface area contributed by atoms with E-state index in [0.717, 1.165) is 31.6 Å². The molecule has 1 aliphatic heterocycles. The number of ether oxygens (including phenoxy) is 1. The van der Waals surface area contributed by atoms with Gasteiger partial charge in [0.05, 0.1) is 11.8 Å². The Morgan fingerprint density at radius 2 is 1.19 bits per heavy atom. The Hall–Kier alpha value is -3.25. The highest BCUT2D eigenvalue weighted by atomic mass is 79.9. The van der Waals surface area contributed by atoms with Crippen molar-refractivity contribution in [3.05, 3.63) is 99.5 Å². The fourth-order valence-electron chi connectivity index (χ4n) is 5.69. The molecule has 1 saturated heterocycles. The first kappa shape index (κ1) is 19.4. The molecule has 7 rings (SSSR count). The van der Waals surface area contributed by atoms with Gasteiger partial charge in [-0.1, -0.05) is 64.5 Å². The molecule has 1 heterocycles. The molecule has 3 aromatic carbocycles. The number of imide groups is 1. The van der Waals surface area contributed by atoms with E-state index in [4.69, 9.17) is 4.74 Å². The van der Waals surface area contributed by atoms with E-state index in [9.17, 15) is 14.4 Å². The second-order valence-corrected chi connectivity index (χ2v) is 9.37. The summed E-state index contributed by atoms with van der Waals surface area (Å²) in [5.41, 5.74) is 4.44. The van der Waals surface area contributed by atoms with Gasteiger partial charge in [0.25, 0.3) is 0 Å². The van der Waals surface area contributed by atoms with Crippen LogP contribution in [0, 0.1) is 11.8 Å². The lowest BCUT2D eigenvalue weighted by Crippen LogP contribution is -2.41. The maximum Gasteiger partial charge on any atom is 0.331 e. The van der Waals surface area contributed by atoms with E-state index >= 15 is 0 Å². The molecule has 0 aromatic heterocycles. The maximum absolute atomic E-state index is 13.5. The van der Waals surface area contributed by atoms with Crippen LogP contribution in [0.5, 0.6) is 5.75 Å². The number of nitrogens with zero attached hydrogens (tertiary/aromatic N) is 1. The van der Waals surface area contributed by atoms with Crippen molar-refractivity contribution in [1.29, 1.82) is 0 Å². The number of amides is 2. The summed E-state index contributed by atoms with van der Waals surface area (Å²) in [5.74, 6) is -2.17. The van der Waals surface area contributed by atoms with Crippen molar-refractivity contribution in [3.8, 4) is 5.75 Å². The van der Waals surface area contributed by atoms with Crippen molar-refractivity contribution < 1.29 is 19.1 Å². The summed E-state index contributed by atoms with van der Waals surface area (Å²) in [7, 11) is 0. The molecule has 2 bridgehead atoms. The minimum atomic E-state index is -0.630. The van der Waals surface area contributed by atoms with Gasteiger partial charge < -0.3 is 4.74 Å². The highest BCUT2D eigenvalue weighted by molar-refractivity contribution is 9.10. The molecule has 0 spiro atoms. The summed E-state index contributed by atoms with van der Waals surface area (Å²) in [6.07, 6.45) is 0. The van der Waals surface area contributed by atoms with E-state index in [0.29, 0.717) is 5.75 Å². The lowest BCUT2D eigenvalue weighted by atomic mass is 9.55. The topological polar surface area (TPSA) is 63.7 Å². The summed E-state index contributed by atoms with van der Waals surface area (Å²) in [6.45, 7) is -0.382. The Bertz CT molecular complexity index is 1170. The van der Waals surface area contributed by atoms with Gasteiger partial charge in [0.15, 0.2) is 0 Å². The second-order valence-electron chi connectivity index (χ2n) is 8.46. The standard InChI is InChI=1S/C26H18BrNO4/c27-14-9-11-15(12-10-14)32-20(29)13-28-25(30)23-21-16-5-1-2-6-17(16)22(24(23)26(28)31)19-8-4-3-7-18(19)21/h1-12,21-24H,13H2/t21?,22?,23-,24-/m0/s1. The predicted octanol–water partition coefficient (Wildman–Crippen LogP) is 4.25. The van der Waals surface area contributed by atoms with E-state index in [1.165, 1.54) is 0 Å². The van der Waals surface area contributed by atoms with E-state index in [-0.39, 0.29) is 30.2 Å². The summed E-state index contributed by atoms with van der Waals surface area (Å²) in [4.78, 5) is 40.7. The SMILES string of the molecule is O=C(CN1C(=O)[C@H]2C3c4ccccc4C(c4ccccc43)[C@@H]2C1=O)Oc1ccc(Br)cc1. The van der Waals surface area contributed by atoms with Gasteiger partial charge >= 0.3 is 5.97 Å². The van der Waals surface area contributed by atoms with Gasteiger partial charge in [0.1, 0.15) is 12.3 Å². The zero-order valence-electron chi connectivity index (χ0n) is 16.9. The van der Waals surface area contributed by atoms with Crippen LogP contribution in [0.25, 0.3) is 0 Å². The number of carbonyl (C=O) groups excluding carboxylic acids is 3. The summed E-state index contributed by atoms with van der Waals surface area (Å²) >= 11 is 3.34. The Morgan fingerprint density at radius 3 is 1.62 bits per heavy atom. The van der Waals surface area contributed by atoms with E-state index in [1.807, 2.05) is 24.3 Å². The van der Waals surface area contributed by atoms with Crippen molar-refractivity contribution in [2.75, 3.05) is 6.54 Å². The summed E-state index contributed by atoms with van der Waals surface area (Å²) < 4.78 is 6.23. The average Bonchev–Trinajstić information content (AvgIpc) is 3.06. The Kier molecular flexibility index (Phi) is 4.33. The first-order valence-electron chi connectivity index (χ1n) is 10.5. The minimum absolute atomic E-state index is 0.179. The normalized spacial score (nSPS) is 24.7. The monoisotopic (exact) mass is 487 g/mol. The fraction of sp³-hybridized carbons (Fsp3) is 0.192. The van der Waals surface area contributed by atoms with Crippen molar-refractivity contribution >= 4 is 33.7 Å². The van der Waals surface area contributed by atoms with Crippen LogP contribution in [0.2, 0.25) is 0 Å². The highest BCUT2D eigenvalue weighted by Crippen LogP contribution is 2.60. The van der Waals surface area contributed by atoms with Gasteiger partial charge in [-0.25, -0.2) is 4.79 Å². The number of carbonyl (C=O) groups is 3. The average molecular weight is 488 g/mol. The molecule has 2 atom stereocenters. The third-order valence-corrected chi connectivity index (χ3v) is 7.40. The van der Waals surface area contributed by atoms with Crippen LogP contribution in [0.3, 0.4) is 0 Å². The molecule has 3 aliphatic carbocycles. The quantitative estimate of drug-likeness (QED) is 0.314. The fourth-order valence-corrected chi connectivity index (χ4v) is 5.95. The van der Waals surface area contributed by atoms with Crippen LogP contribution in [-0.4, -0.2) is 29.2 Å². The number of benzene rings is 3. The van der Waals surface area contributed by atoms with Crippen molar-refractivity contribution in [3.63, 3.8) is 0 Å². The van der Waals surface area contributed by atoms with Gasteiger partial charge in [-0.2, -0.15) is 0 Å². The van der Waals surface area contributed by atoms with Crippen LogP contribution in [0.4, 0.5) is 0 Å². The number of likely N-dealkylation sites (tertiary alicyclic amines) is 1. The number of esters is 1. The van der Waals surface area contributed by atoms with Crippen molar-refractivity contribution in [1.82, 2.24) is 4.90 Å². The molecule has 32 heavy (non-hydrogen) atoms. The smallest absolute Gasteiger partial charge is 0.331 e. The van der Waals surface area contributed by atoms with Crippen LogP contribution < -0.4 is 4.74 Å². The van der Waals surface area contributed by atoms with Gasteiger partial charge in [-0.3, -0.25) is 14.5 Å². The number of hydrogen-bond acceptors (Lipinski definition) is 4. The van der Waals surface area contributed by atoms with Gasteiger partial charge in [-0.15, -0.1) is 0 Å². The van der Waals surface area contributed by atoms with Crippen LogP contribution >= 0.6 is 15.9 Å². The number of halogens is 1. The predicted molar refractivity (Wildman–Crippen MR) is 120 cm³/mol. The second kappa shape index (κ2) is 7.14. The molecule has 6 heteroatoms. The zero-order valence-corrected chi connectivity index (χ0v) is 18.5. The summed E-state index contributed by atoms with van der Waals surface area (Å²) in [5, 5.41) is 0. The lowest BCUT2D eigenvalue weighted by molar-refractivity contribution is -0.148. The number of hydrogen-bond donors (Lipinski definition) is 0. The van der Waals surface area contributed by atoms with E-state index in [2.05, 4.69) is 40.2 Å². The van der Waals surface area contributed by atoms with Crippen molar-refractivity contribution in [2.45, 2.75) is 11.8 Å². The Labute approximate surface area is 193 Å². The van der Waals surface area contributed by atoms with Crippen LogP contribution in [0.15, 0.2) is 77.3 Å². The molecule has 0 saturated carbocycles. The highest BCUT2D eigenvalue weighted by Gasteiger charge is 2.61. The third kappa shape index (κ3) is 2.72. The molecule has 0 unspecified atom stereocenters. The van der Waals surface area contributed by atoms with Crippen LogP contribution in [-0.2, 0) is 14.4 Å². The molecular formula is C26H18BrNO4. The van der Waals surface area contributed by atoms with E-state index in [1.54, 1.807) is 24.3 Å². The zero-order chi connectivity index (χ0) is 22.0. The van der Waals surface area contributed by atoms with E-state index < -0.39 is 17.8 Å². The minimum Gasteiger partial charge on any atom is -0.425 e. The lowest BCUT2D eigenvalue weighted by Gasteiger charge is -2.45. The third-order valence-electron chi connectivity index (χ3n) is 6.87. The molecule has 0 N–H and O–H groups in total. The molecule has 1 fully saturated rings. The van der Waals surface area contributed by atoms with Crippen LogP contribution in [0.1, 0.15) is 34.1 Å². The molecule has 3 aromatic rings. The largest absolute Gasteiger partial charge is 0.425 e. The molecule has 4 aliphatic rings. The maximum atomic E-state index is 13.5. The first-order chi connectivity index (χ1) is 15.5. The first-order valence-corrected chi connectivity index (χ1v) is 11.3. The molecule has 5 nitrogen and oxygen atoms in total. The molecular weight excluding hydrogens is 470 g/mol. The molecule has 158 valence electrons. The Balaban J connectivity index is 1.34. The van der Waals surface area contributed by atoms with Crippen molar-refractivity contribution in [2.24, 2.45) is 11.8 Å². The van der Waals surface area contributed by atoms with Gasteiger partial charge in [-0.05, 0) is 46.5 Å². The van der Waals surface area contributed by atoms with Gasteiger partial charge in [0, 0.05) is 16.3 Å². The Morgan fingerprint density at radius 1 is 0.750 bits per heavy atom. The van der Waals surface area contributed by atoms with Gasteiger partial charge in [0.2, 0.25) is 11.8 Å². The summed E-state index contributed by atoms with van der Waals surface area (Å²) in [6, 6.07) is 23.0. The molecule has 0 radical (unpaired) electrons. The number of rotatable bonds is 3.